The largest absolute Gasteiger partial charge is 0.414 e. The summed E-state index contributed by atoms with van der Waals surface area (Å²) in [7, 11) is 0. The van der Waals surface area contributed by atoms with Gasteiger partial charge in [-0.15, -0.1) is 0 Å². The van der Waals surface area contributed by atoms with Crippen LogP contribution in [0.1, 0.15) is 36.2 Å². The van der Waals surface area contributed by atoms with Gasteiger partial charge in [-0.3, -0.25) is 14.4 Å². The lowest BCUT2D eigenvalue weighted by atomic mass is 10.0. The molecule has 0 bridgehead atoms. The molecule has 1 aromatic heterocycles. The van der Waals surface area contributed by atoms with E-state index in [-0.39, 0.29) is 18.2 Å². The van der Waals surface area contributed by atoms with E-state index in [9.17, 15) is 19.2 Å². The number of halogens is 1. The van der Waals surface area contributed by atoms with Crippen LogP contribution in [0.3, 0.4) is 0 Å². The molecule has 0 radical (unpaired) electrons. The third-order valence-corrected chi connectivity index (χ3v) is 6.15. The van der Waals surface area contributed by atoms with Crippen LogP contribution >= 0.6 is 22.9 Å². The average Bonchev–Trinajstić information content (AvgIpc) is 3.00. The monoisotopic (exact) mass is 492 g/mol. The van der Waals surface area contributed by atoms with Gasteiger partial charge < -0.3 is 25.6 Å². The lowest BCUT2D eigenvalue weighted by Crippen LogP contribution is -2.53. The number of carbonyl (C=O) groups is 4. The van der Waals surface area contributed by atoms with Crippen LogP contribution in [-0.2, 0) is 9.59 Å². The summed E-state index contributed by atoms with van der Waals surface area (Å²) in [5.74, 6) is -0.695. The van der Waals surface area contributed by atoms with Gasteiger partial charge in [0.25, 0.3) is 5.91 Å². The number of benzene rings is 1. The van der Waals surface area contributed by atoms with Gasteiger partial charge in [-0.05, 0) is 56.7 Å². The molecule has 0 unspecified atom stereocenters. The molecule has 0 aliphatic carbocycles. The number of anilines is 1. The van der Waals surface area contributed by atoms with Gasteiger partial charge in [0.2, 0.25) is 11.8 Å². The van der Waals surface area contributed by atoms with Gasteiger partial charge in [0.1, 0.15) is 5.54 Å². The summed E-state index contributed by atoms with van der Waals surface area (Å²) < 4.78 is 5.62. The van der Waals surface area contributed by atoms with Crippen molar-refractivity contribution in [2.45, 2.75) is 32.7 Å². The molecule has 0 saturated carbocycles. The Morgan fingerprint density at radius 3 is 2.61 bits per heavy atom. The van der Waals surface area contributed by atoms with Crippen molar-refractivity contribution in [1.29, 1.82) is 0 Å². The second-order valence-electron chi connectivity index (χ2n) is 8.07. The summed E-state index contributed by atoms with van der Waals surface area (Å²) in [6.07, 6.45) is -0.514. The Morgan fingerprint density at radius 1 is 1.18 bits per heavy atom. The van der Waals surface area contributed by atoms with Crippen molar-refractivity contribution in [3.05, 3.63) is 45.8 Å². The third-order valence-electron chi connectivity index (χ3n) is 5.04. The molecule has 33 heavy (non-hydrogen) atoms. The van der Waals surface area contributed by atoms with Crippen molar-refractivity contribution < 1.29 is 23.9 Å². The molecular formula is C22H25ClN4O5S. The molecule has 176 valence electrons. The highest BCUT2D eigenvalue weighted by atomic mass is 35.5. The maximum Gasteiger partial charge on any atom is 0.414 e. The van der Waals surface area contributed by atoms with E-state index in [0.717, 1.165) is 11.3 Å². The van der Waals surface area contributed by atoms with E-state index in [2.05, 4.69) is 16.0 Å². The van der Waals surface area contributed by atoms with E-state index in [0.29, 0.717) is 45.8 Å². The van der Waals surface area contributed by atoms with Crippen molar-refractivity contribution in [2.75, 3.05) is 25.0 Å². The number of amides is 4. The summed E-state index contributed by atoms with van der Waals surface area (Å²) in [5.41, 5.74) is 0.389. The van der Waals surface area contributed by atoms with E-state index in [4.69, 9.17) is 16.3 Å². The molecule has 11 heteroatoms. The highest BCUT2D eigenvalue weighted by Crippen LogP contribution is 2.28. The predicted octanol–water partition coefficient (Wildman–Crippen LogP) is 3.18. The molecule has 0 spiro atoms. The molecule has 1 aliphatic heterocycles. The van der Waals surface area contributed by atoms with Crippen molar-refractivity contribution >= 4 is 52.4 Å². The molecule has 0 atom stereocenters. The predicted molar refractivity (Wildman–Crippen MR) is 126 cm³/mol. The number of rotatable bonds is 5. The molecule has 2 aromatic rings. The van der Waals surface area contributed by atoms with Crippen LogP contribution in [0, 0.1) is 6.92 Å². The molecule has 1 fully saturated rings. The van der Waals surface area contributed by atoms with E-state index >= 15 is 0 Å². The Bertz CT molecular complexity index is 1080. The van der Waals surface area contributed by atoms with Gasteiger partial charge in [-0.25, -0.2) is 4.79 Å². The summed E-state index contributed by atoms with van der Waals surface area (Å²) in [6.45, 7) is 6.08. The van der Waals surface area contributed by atoms with E-state index in [1.54, 1.807) is 56.0 Å². The lowest BCUT2D eigenvalue weighted by Gasteiger charge is -2.25. The fraction of sp³-hybridized carbons (Fsp3) is 0.364. The van der Waals surface area contributed by atoms with Gasteiger partial charge in [0.15, 0.2) is 5.06 Å². The first-order chi connectivity index (χ1) is 15.5. The van der Waals surface area contributed by atoms with Crippen molar-refractivity contribution in [2.24, 2.45) is 0 Å². The Balaban J connectivity index is 1.62. The van der Waals surface area contributed by atoms with Gasteiger partial charge >= 0.3 is 6.09 Å². The summed E-state index contributed by atoms with van der Waals surface area (Å²) in [6, 6.07) is 8.12. The van der Waals surface area contributed by atoms with Crippen molar-refractivity contribution in [3.63, 3.8) is 0 Å². The zero-order chi connectivity index (χ0) is 24.2. The number of hydrogen-bond acceptors (Lipinski definition) is 6. The number of nitrogens with one attached hydrogen (secondary N) is 3. The smallest absolute Gasteiger partial charge is 0.399 e. The van der Waals surface area contributed by atoms with Crippen molar-refractivity contribution in [3.8, 4) is 5.06 Å². The maximum absolute atomic E-state index is 12.9. The molecule has 3 rings (SSSR count). The Morgan fingerprint density at radius 2 is 1.94 bits per heavy atom. The number of nitrogens with zero attached hydrogens (tertiary/aromatic N) is 1. The van der Waals surface area contributed by atoms with Crippen LogP contribution in [-0.4, -0.2) is 53.9 Å². The van der Waals surface area contributed by atoms with E-state index in [1.807, 2.05) is 0 Å². The maximum atomic E-state index is 12.9. The van der Waals surface area contributed by atoms with Gasteiger partial charge in [0, 0.05) is 37.3 Å². The number of thiophene rings is 1. The Hall–Kier alpha value is -3.11. The minimum absolute atomic E-state index is 0.0700. The minimum atomic E-state index is -1.27. The van der Waals surface area contributed by atoms with E-state index in [1.165, 1.54) is 0 Å². The van der Waals surface area contributed by atoms with Gasteiger partial charge in [-0.2, -0.15) is 0 Å². The summed E-state index contributed by atoms with van der Waals surface area (Å²) in [5, 5.41) is 8.34. The fourth-order valence-corrected chi connectivity index (χ4v) is 4.06. The number of hydrogen-bond donors (Lipinski definition) is 3. The Labute approximate surface area is 200 Å². The second-order valence-corrected chi connectivity index (χ2v) is 9.75. The zero-order valence-corrected chi connectivity index (χ0v) is 20.1. The summed E-state index contributed by atoms with van der Waals surface area (Å²) >= 11 is 6.92. The topological polar surface area (TPSA) is 117 Å². The SMILES string of the molecule is Cc1cc(NC(=O)C(C)(C)NC(=O)Oc2ccc(Cl)s2)ccc1C(=O)N1CCNC(=O)CC1. The van der Waals surface area contributed by atoms with Crippen LogP contribution in [0.5, 0.6) is 5.06 Å². The number of carbonyl (C=O) groups excluding carboxylic acids is 4. The van der Waals surface area contributed by atoms with Gasteiger partial charge in [0.05, 0.1) is 4.34 Å². The number of aryl methyl sites for hydroxylation is 1. The quantitative estimate of drug-likeness (QED) is 0.592. The summed E-state index contributed by atoms with van der Waals surface area (Å²) in [4.78, 5) is 50.9. The highest BCUT2D eigenvalue weighted by Gasteiger charge is 2.31. The molecule has 9 nitrogen and oxygen atoms in total. The third kappa shape index (κ3) is 6.45. The van der Waals surface area contributed by atoms with Crippen LogP contribution < -0.4 is 20.7 Å². The van der Waals surface area contributed by atoms with Crippen LogP contribution in [0.15, 0.2) is 30.3 Å². The Kier molecular flexibility index (Phi) is 7.60. The molecule has 1 saturated heterocycles. The first kappa shape index (κ1) is 24.5. The molecule has 2 heterocycles. The van der Waals surface area contributed by atoms with Crippen LogP contribution in [0.4, 0.5) is 10.5 Å². The second kappa shape index (κ2) is 10.2. The first-order valence-corrected chi connectivity index (χ1v) is 11.5. The molecule has 4 amide bonds. The van der Waals surface area contributed by atoms with Crippen LogP contribution in [0.2, 0.25) is 4.34 Å². The lowest BCUT2D eigenvalue weighted by molar-refractivity contribution is -0.121. The fourth-order valence-electron chi connectivity index (χ4n) is 3.19. The standard InChI is InChI=1S/C22H25ClN4O5S/c1-13-12-14(4-5-15(13)19(29)27-10-8-17(28)24-9-11-27)25-20(30)22(2,3)26-21(31)32-18-7-6-16(23)33-18/h4-7,12H,8-11H2,1-3H3,(H,24,28)(H,25,30)(H,26,31). The van der Waals surface area contributed by atoms with Gasteiger partial charge in [-0.1, -0.05) is 22.9 Å². The number of ether oxygens (including phenoxy) is 1. The highest BCUT2D eigenvalue weighted by molar-refractivity contribution is 7.17. The molecular weight excluding hydrogens is 468 g/mol. The molecule has 1 aromatic carbocycles. The van der Waals surface area contributed by atoms with Crippen LogP contribution in [0.25, 0.3) is 0 Å². The first-order valence-electron chi connectivity index (χ1n) is 10.3. The average molecular weight is 493 g/mol. The zero-order valence-electron chi connectivity index (χ0n) is 18.5. The minimum Gasteiger partial charge on any atom is -0.399 e. The van der Waals surface area contributed by atoms with E-state index < -0.39 is 17.5 Å². The molecule has 1 aliphatic rings. The van der Waals surface area contributed by atoms with Crippen molar-refractivity contribution in [1.82, 2.24) is 15.5 Å². The normalized spacial score (nSPS) is 14.2. The molecule has 3 N–H and O–H groups in total.